The third-order valence-electron chi connectivity index (χ3n) is 4.34. The lowest BCUT2D eigenvalue weighted by Crippen LogP contribution is -2.43. The van der Waals surface area contributed by atoms with Crippen molar-refractivity contribution in [2.45, 2.75) is 53.0 Å². The van der Waals surface area contributed by atoms with Crippen LogP contribution in [0.5, 0.6) is 0 Å². The minimum absolute atomic E-state index is 0.00618. The Hall–Kier alpha value is -1.31. The van der Waals surface area contributed by atoms with E-state index in [0.717, 1.165) is 19.1 Å². The fourth-order valence-electron chi connectivity index (χ4n) is 2.46. The number of amides is 1. The Bertz CT molecular complexity index is 421. The van der Waals surface area contributed by atoms with Gasteiger partial charge in [0.05, 0.1) is 26.4 Å². The van der Waals surface area contributed by atoms with Gasteiger partial charge in [0.15, 0.2) is 0 Å². The molecule has 0 aromatic heterocycles. The average molecular weight is 387 g/mol. The van der Waals surface area contributed by atoms with Crippen molar-refractivity contribution >= 4 is 18.0 Å². The van der Waals surface area contributed by atoms with Gasteiger partial charge in [0.2, 0.25) is 5.91 Å². The zero-order valence-electron chi connectivity index (χ0n) is 17.6. The van der Waals surface area contributed by atoms with Crippen LogP contribution in [0.2, 0.25) is 0 Å². The number of ketones is 1. The van der Waals surface area contributed by atoms with Crippen LogP contribution in [0, 0.1) is 17.8 Å². The maximum Gasteiger partial charge on any atom is 0.222 e. The summed E-state index contributed by atoms with van der Waals surface area (Å²) in [6.07, 6.45) is 3.34. The van der Waals surface area contributed by atoms with Gasteiger partial charge in [-0.3, -0.25) is 9.59 Å². The topological polar surface area (TPSA) is 93.7 Å². The molecule has 0 aromatic carbocycles. The largest absolute Gasteiger partial charge is 0.379 e. The van der Waals surface area contributed by atoms with Crippen molar-refractivity contribution in [2.24, 2.45) is 17.8 Å². The molecule has 0 atom stereocenters. The molecule has 1 amide bonds. The van der Waals surface area contributed by atoms with E-state index >= 15 is 0 Å². The number of carbonyl (C=O) groups excluding carboxylic acids is 3. The lowest BCUT2D eigenvalue weighted by atomic mass is 9.75. The summed E-state index contributed by atoms with van der Waals surface area (Å²) in [5.74, 6) is 1.05. The number of hydrogen-bond acceptors (Lipinski definition) is 6. The van der Waals surface area contributed by atoms with E-state index in [4.69, 9.17) is 9.47 Å². The third-order valence-corrected chi connectivity index (χ3v) is 4.34. The van der Waals surface area contributed by atoms with Crippen LogP contribution in [0.1, 0.15) is 47.0 Å². The second-order valence-corrected chi connectivity index (χ2v) is 7.34. The molecule has 0 radical (unpaired) electrons. The molecule has 7 heteroatoms. The summed E-state index contributed by atoms with van der Waals surface area (Å²) in [5.41, 5.74) is 0. The van der Waals surface area contributed by atoms with Gasteiger partial charge >= 0.3 is 0 Å². The molecular weight excluding hydrogens is 348 g/mol. The van der Waals surface area contributed by atoms with Gasteiger partial charge < -0.3 is 24.9 Å². The number of carbonyl (C=O) groups is 3. The van der Waals surface area contributed by atoms with Gasteiger partial charge in [-0.15, -0.1) is 0 Å². The van der Waals surface area contributed by atoms with Gasteiger partial charge in [-0.2, -0.15) is 0 Å². The van der Waals surface area contributed by atoms with Crippen molar-refractivity contribution in [2.75, 3.05) is 40.0 Å². The SMILES string of the molecule is CC(C)C(=O)NCCOCCOCCC=O.CNC1CC(C(=O)C(C)C)C1. The molecule has 1 fully saturated rings. The fraction of sp³-hybridized carbons (Fsp3) is 0.850. The van der Waals surface area contributed by atoms with Crippen LogP contribution in [-0.2, 0) is 23.9 Å². The first kappa shape index (κ1) is 25.7. The van der Waals surface area contributed by atoms with E-state index in [-0.39, 0.29) is 17.7 Å². The molecule has 2 N–H and O–H groups in total. The van der Waals surface area contributed by atoms with Crippen LogP contribution in [0.25, 0.3) is 0 Å². The number of aldehydes is 1. The lowest BCUT2D eigenvalue weighted by molar-refractivity contribution is -0.129. The average Bonchev–Trinajstić information content (AvgIpc) is 2.59. The molecule has 0 aromatic rings. The molecular formula is C20H38N2O5. The monoisotopic (exact) mass is 386 g/mol. The Balaban J connectivity index is 0.000000533. The van der Waals surface area contributed by atoms with Crippen molar-refractivity contribution in [3.05, 3.63) is 0 Å². The number of hydrogen-bond donors (Lipinski definition) is 2. The molecule has 1 aliphatic carbocycles. The zero-order valence-corrected chi connectivity index (χ0v) is 17.6. The van der Waals surface area contributed by atoms with E-state index in [9.17, 15) is 14.4 Å². The van der Waals surface area contributed by atoms with Crippen molar-refractivity contribution in [3.8, 4) is 0 Å². The first-order chi connectivity index (χ1) is 12.8. The molecule has 0 spiro atoms. The summed E-state index contributed by atoms with van der Waals surface area (Å²) < 4.78 is 10.3. The first-order valence-corrected chi connectivity index (χ1v) is 9.91. The molecule has 1 saturated carbocycles. The Labute approximate surface area is 163 Å². The first-order valence-electron chi connectivity index (χ1n) is 9.91. The maximum absolute atomic E-state index is 11.4. The normalized spacial score (nSPS) is 18.5. The van der Waals surface area contributed by atoms with E-state index in [2.05, 4.69) is 10.6 Å². The standard InChI is InChI=1S/C11H21NO4.C9H17NO/c1-10(2)11(14)12-4-7-16-9-8-15-6-3-5-13;1-6(2)9(11)7-4-8(5-7)10-3/h5,10H,3-4,6-9H2,1-2H3,(H,12,14);6-8,10H,4-5H2,1-3H3. The smallest absolute Gasteiger partial charge is 0.222 e. The Morgan fingerprint density at radius 3 is 2.07 bits per heavy atom. The number of ether oxygens (including phenoxy) is 2. The van der Waals surface area contributed by atoms with Crippen LogP contribution >= 0.6 is 0 Å². The Morgan fingerprint density at radius 1 is 1.00 bits per heavy atom. The highest BCUT2D eigenvalue weighted by molar-refractivity contribution is 5.83. The minimum atomic E-state index is 0.00618. The van der Waals surface area contributed by atoms with E-state index in [1.54, 1.807) is 0 Å². The molecule has 158 valence electrons. The number of Topliss-reactive ketones (excluding diaryl/α,β-unsaturated/α-hetero) is 1. The zero-order chi connectivity index (χ0) is 20.7. The maximum atomic E-state index is 11.4. The van der Waals surface area contributed by atoms with Crippen molar-refractivity contribution in [1.29, 1.82) is 0 Å². The predicted octanol–water partition coefficient (Wildman–Crippen LogP) is 1.59. The summed E-state index contributed by atoms with van der Waals surface area (Å²) in [6, 6.07) is 0.600. The second-order valence-electron chi connectivity index (χ2n) is 7.34. The van der Waals surface area contributed by atoms with Crippen molar-refractivity contribution in [3.63, 3.8) is 0 Å². The van der Waals surface area contributed by atoms with Gasteiger partial charge in [-0.25, -0.2) is 0 Å². The summed E-state index contributed by atoms with van der Waals surface area (Å²) in [6.45, 7) is 10.1. The summed E-state index contributed by atoms with van der Waals surface area (Å²) in [5, 5.41) is 5.92. The van der Waals surface area contributed by atoms with Gasteiger partial charge in [0.25, 0.3) is 0 Å². The summed E-state index contributed by atoms with van der Waals surface area (Å²) in [4.78, 5) is 32.4. The third kappa shape index (κ3) is 12.7. The minimum Gasteiger partial charge on any atom is -0.379 e. The van der Waals surface area contributed by atoms with Crippen molar-refractivity contribution < 1.29 is 23.9 Å². The summed E-state index contributed by atoms with van der Waals surface area (Å²) in [7, 11) is 1.96. The molecule has 1 aliphatic rings. The van der Waals surface area contributed by atoms with Crippen LogP contribution < -0.4 is 10.6 Å². The highest BCUT2D eigenvalue weighted by Gasteiger charge is 2.33. The molecule has 7 nitrogen and oxygen atoms in total. The van der Waals surface area contributed by atoms with E-state index in [1.165, 1.54) is 0 Å². The molecule has 0 aliphatic heterocycles. The van der Waals surface area contributed by atoms with Gasteiger partial charge in [0, 0.05) is 36.8 Å². The molecule has 0 bridgehead atoms. The molecule has 1 rings (SSSR count). The molecule has 0 saturated heterocycles. The second kappa shape index (κ2) is 15.7. The highest BCUT2D eigenvalue weighted by Crippen LogP contribution is 2.29. The molecule has 0 unspecified atom stereocenters. The van der Waals surface area contributed by atoms with Crippen molar-refractivity contribution in [1.82, 2.24) is 10.6 Å². The number of nitrogens with one attached hydrogen (secondary N) is 2. The lowest BCUT2D eigenvalue weighted by Gasteiger charge is -2.34. The van der Waals surface area contributed by atoms with Gasteiger partial charge in [-0.05, 0) is 19.9 Å². The van der Waals surface area contributed by atoms with E-state index < -0.39 is 0 Å². The Morgan fingerprint density at radius 2 is 1.59 bits per heavy atom. The van der Waals surface area contributed by atoms with Gasteiger partial charge in [-0.1, -0.05) is 27.7 Å². The van der Waals surface area contributed by atoms with E-state index in [1.807, 2.05) is 34.7 Å². The van der Waals surface area contributed by atoms with Gasteiger partial charge in [0.1, 0.15) is 12.1 Å². The fourth-order valence-corrected chi connectivity index (χ4v) is 2.46. The van der Waals surface area contributed by atoms with Crippen LogP contribution in [0.4, 0.5) is 0 Å². The van der Waals surface area contributed by atoms with Crippen LogP contribution in [0.3, 0.4) is 0 Å². The van der Waals surface area contributed by atoms with E-state index in [0.29, 0.717) is 57.1 Å². The predicted molar refractivity (Wildman–Crippen MR) is 106 cm³/mol. The Kier molecular flexibility index (Phi) is 15.0. The van der Waals surface area contributed by atoms with Crippen LogP contribution in [0.15, 0.2) is 0 Å². The van der Waals surface area contributed by atoms with Crippen LogP contribution in [-0.4, -0.2) is 64.0 Å². The molecule has 0 heterocycles. The highest BCUT2D eigenvalue weighted by atomic mass is 16.5. The number of rotatable bonds is 13. The quantitative estimate of drug-likeness (QED) is 0.369. The molecule has 27 heavy (non-hydrogen) atoms. The summed E-state index contributed by atoms with van der Waals surface area (Å²) >= 11 is 0.